The molecule has 0 amide bonds. The molecular weight excluding hydrogens is 542 g/mol. The van der Waals surface area contributed by atoms with E-state index < -0.39 is 0 Å². The van der Waals surface area contributed by atoms with Gasteiger partial charge in [-0.25, -0.2) is 0 Å². The van der Waals surface area contributed by atoms with E-state index in [0.29, 0.717) is 33.4 Å². The van der Waals surface area contributed by atoms with E-state index in [2.05, 4.69) is 24.3 Å². The van der Waals surface area contributed by atoms with E-state index in [4.69, 9.17) is 8.83 Å². The molecule has 0 N–H and O–H groups in total. The van der Waals surface area contributed by atoms with Gasteiger partial charge in [0.15, 0.2) is 0 Å². The molecule has 0 spiro atoms. The fraction of sp³-hybridized carbons (Fsp3) is 0. The molecule has 0 fully saturated rings. The van der Waals surface area contributed by atoms with Gasteiger partial charge >= 0.3 is 0 Å². The van der Waals surface area contributed by atoms with Crippen LogP contribution in [0.2, 0.25) is 0 Å². The van der Waals surface area contributed by atoms with Crippen molar-refractivity contribution in [2.45, 2.75) is 0 Å². The lowest BCUT2D eigenvalue weighted by Crippen LogP contribution is -1.94. The molecule has 0 aliphatic rings. The van der Waals surface area contributed by atoms with Crippen LogP contribution in [0.15, 0.2) is 124 Å². The van der Waals surface area contributed by atoms with Crippen LogP contribution in [0.25, 0.3) is 77.3 Å². The highest BCUT2D eigenvalue weighted by atomic mass is 16.3. The summed E-state index contributed by atoms with van der Waals surface area (Å²) in [7, 11) is 0. The summed E-state index contributed by atoms with van der Waals surface area (Å²) in [5.41, 5.74) is 8.79. The van der Waals surface area contributed by atoms with Gasteiger partial charge in [0.1, 0.15) is 28.4 Å². The third-order valence-corrected chi connectivity index (χ3v) is 8.15. The van der Waals surface area contributed by atoms with Gasteiger partial charge in [-0.1, -0.05) is 48.5 Å². The molecule has 0 atom stereocenters. The molecule has 2 aromatic heterocycles. The van der Waals surface area contributed by atoms with Crippen LogP contribution in [0.5, 0.6) is 0 Å². The van der Waals surface area contributed by atoms with Crippen LogP contribution in [0.4, 0.5) is 0 Å². The SMILES string of the molecule is N#Cc1cc(C#N)cc(-c2cc(-c3ccc4c(c3)oc3ccccc34)cc(-c3ccc4c(c3)oc3ccccc34)c2C#N)c1. The van der Waals surface area contributed by atoms with Gasteiger partial charge in [-0.2, -0.15) is 15.8 Å². The van der Waals surface area contributed by atoms with Crippen LogP contribution in [0.3, 0.4) is 0 Å². The van der Waals surface area contributed by atoms with Crippen LogP contribution in [0, 0.1) is 34.0 Å². The van der Waals surface area contributed by atoms with Gasteiger partial charge in [0.05, 0.1) is 28.8 Å². The highest BCUT2D eigenvalue weighted by molar-refractivity contribution is 6.07. The molecule has 0 unspecified atom stereocenters. The number of para-hydroxylation sites is 2. The van der Waals surface area contributed by atoms with Crippen molar-refractivity contribution in [2.24, 2.45) is 0 Å². The topological polar surface area (TPSA) is 97.7 Å². The van der Waals surface area contributed by atoms with Crippen LogP contribution in [-0.2, 0) is 0 Å². The van der Waals surface area contributed by atoms with Crippen LogP contribution in [-0.4, -0.2) is 0 Å². The summed E-state index contributed by atoms with van der Waals surface area (Å²) < 4.78 is 12.4. The number of hydrogen-bond acceptors (Lipinski definition) is 5. The van der Waals surface area contributed by atoms with Crippen molar-refractivity contribution in [2.75, 3.05) is 0 Å². The summed E-state index contributed by atoms with van der Waals surface area (Å²) in [4.78, 5) is 0. The van der Waals surface area contributed by atoms with Crippen LogP contribution >= 0.6 is 0 Å². The van der Waals surface area contributed by atoms with E-state index in [-0.39, 0.29) is 0 Å². The molecular formula is C39H19N3O2. The zero-order chi connectivity index (χ0) is 29.8. The Morgan fingerprint density at radius 3 is 1.45 bits per heavy atom. The van der Waals surface area contributed by atoms with E-state index in [1.54, 1.807) is 18.2 Å². The summed E-state index contributed by atoms with van der Waals surface area (Å²) in [6, 6.07) is 43.6. The van der Waals surface area contributed by atoms with Crippen molar-refractivity contribution in [1.29, 1.82) is 15.8 Å². The molecule has 0 aliphatic carbocycles. The predicted molar refractivity (Wildman–Crippen MR) is 171 cm³/mol. The van der Waals surface area contributed by atoms with Gasteiger partial charge in [-0.3, -0.25) is 0 Å². The quantitative estimate of drug-likeness (QED) is 0.214. The number of furan rings is 2. The second-order valence-electron chi connectivity index (χ2n) is 10.7. The molecule has 0 aliphatic heterocycles. The minimum Gasteiger partial charge on any atom is -0.456 e. The Bertz CT molecular complexity index is 2570. The van der Waals surface area contributed by atoms with Crippen molar-refractivity contribution in [3.63, 3.8) is 0 Å². The smallest absolute Gasteiger partial charge is 0.136 e. The molecule has 202 valence electrons. The lowest BCUT2D eigenvalue weighted by Gasteiger charge is -2.15. The molecule has 44 heavy (non-hydrogen) atoms. The van der Waals surface area contributed by atoms with E-state index >= 15 is 0 Å². The Kier molecular flexibility index (Phi) is 5.56. The van der Waals surface area contributed by atoms with E-state index in [1.165, 1.54) is 0 Å². The van der Waals surface area contributed by atoms with Crippen molar-refractivity contribution in [3.8, 4) is 51.6 Å². The third kappa shape index (κ3) is 3.92. The first-order valence-electron chi connectivity index (χ1n) is 14.0. The van der Waals surface area contributed by atoms with Gasteiger partial charge in [0.25, 0.3) is 0 Å². The maximum atomic E-state index is 10.6. The lowest BCUT2D eigenvalue weighted by molar-refractivity contribution is 0.668. The Morgan fingerprint density at radius 1 is 0.386 bits per heavy atom. The molecule has 0 radical (unpaired) electrons. The largest absolute Gasteiger partial charge is 0.456 e. The molecule has 5 nitrogen and oxygen atoms in total. The number of nitriles is 3. The Labute approximate surface area is 251 Å². The minimum atomic E-state index is 0.349. The van der Waals surface area contributed by atoms with E-state index in [0.717, 1.165) is 60.6 Å². The minimum absolute atomic E-state index is 0.349. The first kappa shape index (κ1) is 25.1. The number of benzene rings is 6. The van der Waals surface area contributed by atoms with Gasteiger partial charge in [-0.05, 0) is 89.0 Å². The van der Waals surface area contributed by atoms with E-state index in [1.807, 2.05) is 91.0 Å². The zero-order valence-electron chi connectivity index (χ0n) is 23.1. The first-order valence-corrected chi connectivity index (χ1v) is 14.0. The fourth-order valence-electron chi connectivity index (χ4n) is 6.10. The Balaban J connectivity index is 1.40. The molecule has 8 aromatic rings. The van der Waals surface area contributed by atoms with Crippen LogP contribution in [0.1, 0.15) is 16.7 Å². The van der Waals surface area contributed by atoms with Gasteiger partial charge in [0, 0.05) is 32.7 Å². The summed E-state index contributed by atoms with van der Waals surface area (Å²) in [6.45, 7) is 0. The number of nitrogens with zero attached hydrogens (tertiary/aromatic N) is 3. The second-order valence-corrected chi connectivity index (χ2v) is 10.7. The molecule has 0 saturated heterocycles. The summed E-state index contributed by atoms with van der Waals surface area (Å²) in [5, 5.41) is 34.1. The highest BCUT2D eigenvalue weighted by Gasteiger charge is 2.19. The molecule has 6 aromatic carbocycles. The summed E-state index contributed by atoms with van der Waals surface area (Å²) in [6.07, 6.45) is 0. The summed E-state index contributed by atoms with van der Waals surface area (Å²) in [5.74, 6) is 0. The maximum absolute atomic E-state index is 10.6. The number of fused-ring (bicyclic) bond motifs is 6. The Morgan fingerprint density at radius 2 is 0.886 bits per heavy atom. The van der Waals surface area contributed by atoms with Gasteiger partial charge in [0.2, 0.25) is 0 Å². The number of rotatable bonds is 3. The average molecular weight is 562 g/mol. The Hall–Kier alpha value is -6.61. The highest BCUT2D eigenvalue weighted by Crippen LogP contribution is 2.41. The first-order chi connectivity index (χ1) is 21.6. The van der Waals surface area contributed by atoms with Crippen molar-refractivity contribution in [3.05, 3.63) is 132 Å². The molecule has 5 heteroatoms. The average Bonchev–Trinajstić information content (AvgIpc) is 3.64. The molecule has 0 bridgehead atoms. The lowest BCUT2D eigenvalue weighted by atomic mass is 9.87. The number of hydrogen-bond donors (Lipinski definition) is 0. The van der Waals surface area contributed by atoms with Gasteiger partial charge < -0.3 is 8.83 Å². The monoisotopic (exact) mass is 561 g/mol. The van der Waals surface area contributed by atoms with Crippen molar-refractivity contribution >= 4 is 43.9 Å². The molecule has 8 rings (SSSR count). The second kappa shape index (κ2) is 9.74. The normalized spacial score (nSPS) is 11.1. The fourth-order valence-corrected chi connectivity index (χ4v) is 6.10. The van der Waals surface area contributed by atoms with E-state index in [9.17, 15) is 15.8 Å². The predicted octanol–water partition coefficient (Wildman–Crippen LogP) is 10.1. The van der Waals surface area contributed by atoms with Crippen molar-refractivity contribution < 1.29 is 8.83 Å². The maximum Gasteiger partial charge on any atom is 0.136 e. The summed E-state index contributed by atoms with van der Waals surface area (Å²) >= 11 is 0. The molecule has 0 saturated carbocycles. The standard InChI is InChI=1S/C39H19N3O2/c40-20-23-13-24(21-41)15-28(14-23)34-17-27(25-9-11-31-29-5-1-3-7-36(29)43-38(31)18-25)16-33(35(34)22-42)26-10-12-32-30-6-2-4-8-37(30)44-39(32)19-26/h1-19H. The van der Waals surface area contributed by atoms with Gasteiger partial charge in [-0.15, -0.1) is 0 Å². The zero-order valence-corrected chi connectivity index (χ0v) is 23.1. The third-order valence-electron chi connectivity index (χ3n) is 8.15. The van der Waals surface area contributed by atoms with Crippen molar-refractivity contribution in [1.82, 2.24) is 0 Å². The molecule has 2 heterocycles. The van der Waals surface area contributed by atoms with Crippen LogP contribution < -0.4 is 0 Å².